The van der Waals surface area contributed by atoms with Crippen molar-refractivity contribution in [3.05, 3.63) is 161 Å². The fraction of sp³-hybridized carbons (Fsp3) is 0.220. The summed E-state index contributed by atoms with van der Waals surface area (Å²) in [6.07, 6.45) is 0.235. The monoisotopic (exact) mass is 626 g/mol. The lowest BCUT2D eigenvalue weighted by Crippen LogP contribution is -2.32. The number of carboxylic acids is 1. The van der Waals surface area contributed by atoms with Crippen LogP contribution in [0.1, 0.15) is 53.4 Å². The first-order valence-corrected chi connectivity index (χ1v) is 16.0. The van der Waals surface area contributed by atoms with Crippen LogP contribution in [-0.2, 0) is 23.2 Å². The van der Waals surface area contributed by atoms with Gasteiger partial charge in [0.25, 0.3) is 0 Å². The number of nitrogens with one attached hydrogen (secondary N) is 1. The average molecular weight is 627 g/mol. The van der Waals surface area contributed by atoms with Crippen LogP contribution >= 0.6 is 0 Å². The summed E-state index contributed by atoms with van der Waals surface area (Å²) in [5, 5.41) is 13.1. The van der Waals surface area contributed by atoms with Crippen molar-refractivity contribution in [2.45, 2.75) is 45.2 Å². The summed E-state index contributed by atoms with van der Waals surface area (Å²) < 4.78 is 6.14. The fourth-order valence-corrected chi connectivity index (χ4v) is 5.44. The van der Waals surface area contributed by atoms with Gasteiger partial charge in [-0.25, -0.2) is 4.79 Å². The molecular weight excluding hydrogens is 584 g/mol. The first-order chi connectivity index (χ1) is 22.7. The van der Waals surface area contributed by atoms with Gasteiger partial charge in [0, 0.05) is 35.5 Å². The third kappa shape index (κ3) is 9.10. The summed E-state index contributed by atoms with van der Waals surface area (Å²) in [6, 6.07) is 41.8. The molecule has 5 aromatic rings. The van der Waals surface area contributed by atoms with Gasteiger partial charge in [-0.05, 0) is 58.5 Å². The first-order valence-electron chi connectivity index (χ1n) is 16.0. The molecule has 1 atom stereocenters. The van der Waals surface area contributed by atoms with Crippen LogP contribution < -0.4 is 15.0 Å². The van der Waals surface area contributed by atoms with Crippen LogP contribution in [0.3, 0.4) is 0 Å². The normalized spacial score (nSPS) is 11.8. The van der Waals surface area contributed by atoms with Gasteiger partial charge >= 0.3 is 5.97 Å². The third-order valence-electron chi connectivity index (χ3n) is 8.14. The van der Waals surface area contributed by atoms with Gasteiger partial charge in [0.2, 0.25) is 0 Å². The minimum absolute atomic E-state index is 0.112. The van der Waals surface area contributed by atoms with Gasteiger partial charge in [0.05, 0.1) is 6.54 Å². The maximum atomic E-state index is 13.2. The maximum absolute atomic E-state index is 13.2. The molecular formula is C41H42N2O4. The van der Waals surface area contributed by atoms with Crippen LogP contribution in [0.25, 0.3) is 0 Å². The number of hydrogen-bond acceptors (Lipinski definition) is 5. The van der Waals surface area contributed by atoms with Gasteiger partial charge in [0.1, 0.15) is 18.4 Å². The molecule has 0 aliphatic heterocycles. The van der Waals surface area contributed by atoms with Crippen molar-refractivity contribution in [3.63, 3.8) is 0 Å². The van der Waals surface area contributed by atoms with Crippen molar-refractivity contribution in [1.82, 2.24) is 0 Å². The summed E-state index contributed by atoms with van der Waals surface area (Å²) in [7, 11) is 0. The number of benzene rings is 5. The zero-order valence-corrected chi connectivity index (χ0v) is 27.2. The molecule has 0 spiro atoms. The average Bonchev–Trinajstić information content (AvgIpc) is 3.08. The molecule has 5 aromatic carbocycles. The Morgan fingerprint density at radius 2 is 1.34 bits per heavy atom. The fourth-order valence-electron chi connectivity index (χ4n) is 5.44. The summed E-state index contributed by atoms with van der Waals surface area (Å²) in [5.74, 6) is -0.445. The molecule has 0 radical (unpaired) electrons. The number of ketones is 1. The lowest BCUT2D eigenvalue weighted by molar-refractivity contribution is -0.137. The van der Waals surface area contributed by atoms with Crippen LogP contribution in [0.4, 0.5) is 11.4 Å². The van der Waals surface area contributed by atoms with E-state index < -0.39 is 12.0 Å². The number of carbonyl (C=O) groups excluding carboxylic acids is 1. The molecule has 0 amide bonds. The summed E-state index contributed by atoms with van der Waals surface area (Å²) in [6.45, 7) is 8.61. The number of anilines is 2. The van der Waals surface area contributed by atoms with E-state index in [9.17, 15) is 14.7 Å². The van der Waals surface area contributed by atoms with Gasteiger partial charge in [-0.2, -0.15) is 0 Å². The standard InChI is InChI=1S/C41H42N2O4/c1-41(2,3)33-22-18-31(19-23-33)29-43(34-14-8-5-9-15-34)26-27-47-35-24-20-30(21-25-35)28-38(40(45)46)42-37-17-11-10-16-36(37)39(44)32-12-6-4-7-13-32/h4-25,38,42H,26-29H2,1-3H3,(H,45,46)/t38-/m0/s1. The number of para-hydroxylation sites is 2. The Morgan fingerprint density at radius 3 is 1.98 bits per heavy atom. The molecule has 240 valence electrons. The number of nitrogens with zero attached hydrogens (tertiary/aromatic N) is 1. The SMILES string of the molecule is CC(C)(C)c1ccc(CN(CCOc2ccc(C[C@H](Nc3ccccc3C(=O)c3ccccc3)C(=O)O)cc2)c2ccccc2)cc1. The Balaban J connectivity index is 1.20. The predicted octanol–water partition coefficient (Wildman–Crippen LogP) is 8.41. The minimum Gasteiger partial charge on any atom is -0.492 e. The molecule has 0 heterocycles. The molecule has 0 saturated heterocycles. The van der Waals surface area contributed by atoms with Crippen molar-refractivity contribution in [2.75, 3.05) is 23.4 Å². The second-order valence-corrected chi connectivity index (χ2v) is 12.7. The Morgan fingerprint density at radius 1 is 0.745 bits per heavy atom. The molecule has 0 saturated carbocycles. The molecule has 47 heavy (non-hydrogen) atoms. The van der Waals surface area contributed by atoms with E-state index in [1.54, 1.807) is 36.4 Å². The quantitative estimate of drug-likeness (QED) is 0.121. The predicted molar refractivity (Wildman–Crippen MR) is 190 cm³/mol. The van der Waals surface area contributed by atoms with Gasteiger partial charge in [-0.1, -0.05) is 118 Å². The van der Waals surface area contributed by atoms with E-state index in [1.165, 1.54) is 11.1 Å². The molecule has 6 heteroatoms. The summed E-state index contributed by atoms with van der Waals surface area (Å²) in [4.78, 5) is 27.7. The highest BCUT2D eigenvalue weighted by Gasteiger charge is 2.21. The minimum atomic E-state index is -0.999. The maximum Gasteiger partial charge on any atom is 0.326 e. The molecule has 0 aromatic heterocycles. The third-order valence-corrected chi connectivity index (χ3v) is 8.14. The van der Waals surface area contributed by atoms with Crippen molar-refractivity contribution < 1.29 is 19.4 Å². The second-order valence-electron chi connectivity index (χ2n) is 12.7. The zero-order chi connectivity index (χ0) is 33.2. The Hall–Kier alpha value is -5.36. The highest BCUT2D eigenvalue weighted by molar-refractivity contribution is 6.12. The van der Waals surface area contributed by atoms with Gasteiger partial charge < -0.3 is 20.1 Å². The number of rotatable bonds is 14. The van der Waals surface area contributed by atoms with Crippen LogP contribution in [-0.4, -0.2) is 36.1 Å². The number of carbonyl (C=O) groups is 2. The zero-order valence-electron chi connectivity index (χ0n) is 27.2. The highest BCUT2D eigenvalue weighted by atomic mass is 16.5. The number of ether oxygens (including phenoxy) is 1. The van der Waals surface area contributed by atoms with E-state index >= 15 is 0 Å². The van der Waals surface area contributed by atoms with Crippen LogP contribution in [0.15, 0.2) is 133 Å². The largest absolute Gasteiger partial charge is 0.492 e. The first kappa shape index (κ1) is 33.0. The van der Waals surface area contributed by atoms with Crippen LogP contribution in [0.5, 0.6) is 5.75 Å². The van der Waals surface area contributed by atoms with Gasteiger partial charge in [-0.15, -0.1) is 0 Å². The molecule has 5 rings (SSSR count). The summed E-state index contributed by atoms with van der Waals surface area (Å²) >= 11 is 0. The van der Waals surface area contributed by atoms with E-state index in [1.807, 2.05) is 60.7 Å². The lowest BCUT2D eigenvalue weighted by atomic mass is 9.87. The van der Waals surface area contributed by atoms with E-state index in [4.69, 9.17) is 4.74 Å². The Kier molecular flexibility index (Phi) is 10.7. The van der Waals surface area contributed by atoms with Crippen molar-refractivity contribution >= 4 is 23.1 Å². The number of hydrogen-bond donors (Lipinski definition) is 2. The molecule has 0 fully saturated rings. The molecule has 0 unspecified atom stereocenters. The molecule has 0 aliphatic carbocycles. The van der Waals surface area contributed by atoms with Gasteiger partial charge in [0.15, 0.2) is 5.78 Å². The Labute approximate surface area is 277 Å². The number of carboxylic acid groups (broad SMARTS) is 1. The van der Waals surface area contributed by atoms with Gasteiger partial charge in [-0.3, -0.25) is 4.79 Å². The Bertz CT molecular complexity index is 1750. The molecule has 6 nitrogen and oxygen atoms in total. The molecule has 0 bridgehead atoms. The van der Waals surface area contributed by atoms with Crippen LogP contribution in [0, 0.1) is 0 Å². The topological polar surface area (TPSA) is 78.9 Å². The van der Waals surface area contributed by atoms with Crippen molar-refractivity contribution in [3.8, 4) is 5.75 Å². The molecule has 2 N–H and O–H groups in total. The van der Waals surface area contributed by atoms with E-state index in [0.29, 0.717) is 30.0 Å². The highest BCUT2D eigenvalue weighted by Crippen LogP contribution is 2.25. The number of aliphatic carboxylic acids is 1. The second kappa shape index (κ2) is 15.3. The van der Waals surface area contributed by atoms with Crippen molar-refractivity contribution in [1.29, 1.82) is 0 Å². The van der Waals surface area contributed by atoms with E-state index in [2.05, 4.69) is 67.4 Å². The van der Waals surface area contributed by atoms with E-state index in [-0.39, 0.29) is 17.6 Å². The molecule has 0 aliphatic rings. The van der Waals surface area contributed by atoms with Crippen LogP contribution in [0.2, 0.25) is 0 Å². The van der Waals surface area contributed by atoms with E-state index in [0.717, 1.165) is 23.5 Å². The smallest absolute Gasteiger partial charge is 0.326 e. The van der Waals surface area contributed by atoms with Crippen molar-refractivity contribution in [2.24, 2.45) is 0 Å². The lowest BCUT2D eigenvalue weighted by Gasteiger charge is -2.26. The summed E-state index contributed by atoms with van der Waals surface area (Å²) in [5.41, 5.74) is 6.10.